The Bertz CT molecular complexity index is 689. The number of rotatable bonds is 7. The summed E-state index contributed by atoms with van der Waals surface area (Å²) in [7, 11) is 0. The number of amides is 4. The molecule has 154 valence electrons. The van der Waals surface area contributed by atoms with Gasteiger partial charge in [-0.2, -0.15) is 5.26 Å². The van der Waals surface area contributed by atoms with Crippen molar-refractivity contribution in [3.05, 3.63) is 0 Å². The van der Waals surface area contributed by atoms with E-state index < -0.39 is 47.5 Å². The summed E-state index contributed by atoms with van der Waals surface area (Å²) in [4.78, 5) is 50.0. The van der Waals surface area contributed by atoms with Crippen LogP contribution in [0.1, 0.15) is 65.7 Å². The summed E-state index contributed by atoms with van der Waals surface area (Å²) in [5, 5.41) is 14.8. The third-order valence-corrected chi connectivity index (χ3v) is 5.70. The van der Waals surface area contributed by atoms with Crippen LogP contribution in [0.15, 0.2) is 0 Å². The van der Waals surface area contributed by atoms with Crippen molar-refractivity contribution in [2.75, 3.05) is 6.54 Å². The normalized spacial score (nSPS) is 21.4. The molecule has 1 heterocycles. The molecule has 0 spiro atoms. The van der Waals surface area contributed by atoms with E-state index in [9.17, 15) is 24.4 Å². The molecule has 1 saturated heterocycles. The average Bonchev–Trinajstić information content (AvgIpc) is 2.93. The van der Waals surface area contributed by atoms with Crippen molar-refractivity contribution in [3.63, 3.8) is 0 Å². The van der Waals surface area contributed by atoms with Crippen LogP contribution in [0.5, 0.6) is 0 Å². The molecule has 2 N–H and O–H groups in total. The SMILES string of the molecule is CCC1(CC)NC(=O)N(CC(=O)O[C@H](C)C(=O)NC2(C#N)CCCCC2)C1=O. The fourth-order valence-electron chi connectivity index (χ4n) is 3.72. The Hall–Kier alpha value is -2.63. The highest BCUT2D eigenvalue weighted by Gasteiger charge is 2.49. The van der Waals surface area contributed by atoms with Gasteiger partial charge < -0.3 is 15.4 Å². The van der Waals surface area contributed by atoms with Crippen LogP contribution in [0.2, 0.25) is 0 Å². The second-order valence-corrected chi connectivity index (χ2v) is 7.49. The zero-order valence-corrected chi connectivity index (χ0v) is 16.7. The summed E-state index contributed by atoms with van der Waals surface area (Å²) in [5.74, 6) is -1.89. The van der Waals surface area contributed by atoms with E-state index in [1.165, 1.54) is 6.92 Å². The maximum atomic E-state index is 12.5. The van der Waals surface area contributed by atoms with Gasteiger partial charge in [0.2, 0.25) is 0 Å². The van der Waals surface area contributed by atoms with Crippen molar-refractivity contribution in [3.8, 4) is 6.07 Å². The van der Waals surface area contributed by atoms with Gasteiger partial charge in [-0.15, -0.1) is 0 Å². The minimum atomic E-state index is -1.14. The molecule has 1 saturated carbocycles. The first kappa shape index (κ1) is 21.7. The third-order valence-electron chi connectivity index (χ3n) is 5.70. The summed E-state index contributed by atoms with van der Waals surface area (Å²) in [6.07, 6.45) is 3.54. The molecule has 1 aliphatic heterocycles. The number of nitrogens with zero attached hydrogens (tertiary/aromatic N) is 2. The number of esters is 1. The quantitative estimate of drug-likeness (QED) is 0.497. The molecule has 0 bridgehead atoms. The van der Waals surface area contributed by atoms with E-state index in [1.54, 1.807) is 13.8 Å². The van der Waals surface area contributed by atoms with Crippen molar-refractivity contribution in [2.24, 2.45) is 0 Å². The lowest BCUT2D eigenvalue weighted by Crippen LogP contribution is -2.52. The second-order valence-electron chi connectivity index (χ2n) is 7.49. The minimum absolute atomic E-state index is 0.411. The van der Waals surface area contributed by atoms with E-state index in [-0.39, 0.29) is 0 Å². The summed E-state index contributed by atoms with van der Waals surface area (Å²) < 4.78 is 5.10. The fraction of sp³-hybridized carbons (Fsp3) is 0.737. The van der Waals surface area contributed by atoms with Gasteiger partial charge in [0.05, 0.1) is 6.07 Å². The van der Waals surface area contributed by atoms with Gasteiger partial charge in [0.1, 0.15) is 17.6 Å². The molecule has 2 fully saturated rings. The number of nitriles is 1. The number of imide groups is 1. The molecule has 28 heavy (non-hydrogen) atoms. The maximum Gasteiger partial charge on any atom is 0.327 e. The van der Waals surface area contributed by atoms with Crippen molar-refractivity contribution >= 4 is 23.8 Å². The molecule has 2 rings (SSSR count). The molecule has 1 aliphatic carbocycles. The predicted molar refractivity (Wildman–Crippen MR) is 98.7 cm³/mol. The lowest BCUT2D eigenvalue weighted by Gasteiger charge is -2.32. The number of carbonyl (C=O) groups excluding carboxylic acids is 4. The molecule has 9 heteroatoms. The number of hydrogen-bond acceptors (Lipinski definition) is 6. The zero-order valence-electron chi connectivity index (χ0n) is 16.7. The van der Waals surface area contributed by atoms with Gasteiger partial charge in [0, 0.05) is 0 Å². The van der Waals surface area contributed by atoms with Gasteiger partial charge in [-0.05, 0) is 32.6 Å². The van der Waals surface area contributed by atoms with Gasteiger partial charge in [0.25, 0.3) is 11.8 Å². The van der Waals surface area contributed by atoms with Crippen LogP contribution in [-0.4, -0.2) is 52.4 Å². The van der Waals surface area contributed by atoms with Crippen LogP contribution >= 0.6 is 0 Å². The van der Waals surface area contributed by atoms with Crippen LogP contribution in [0.3, 0.4) is 0 Å². The van der Waals surface area contributed by atoms with E-state index in [4.69, 9.17) is 4.74 Å². The molecule has 4 amide bonds. The maximum absolute atomic E-state index is 12.5. The monoisotopic (exact) mass is 392 g/mol. The first-order valence-electron chi connectivity index (χ1n) is 9.79. The van der Waals surface area contributed by atoms with Gasteiger partial charge in [0.15, 0.2) is 6.10 Å². The highest BCUT2D eigenvalue weighted by molar-refractivity contribution is 6.08. The Labute approximate surface area is 164 Å². The lowest BCUT2D eigenvalue weighted by molar-refractivity contribution is -0.157. The van der Waals surface area contributed by atoms with Gasteiger partial charge in [-0.25, -0.2) is 4.79 Å². The summed E-state index contributed by atoms with van der Waals surface area (Å²) >= 11 is 0. The number of nitrogens with one attached hydrogen (secondary N) is 2. The van der Waals surface area contributed by atoms with Gasteiger partial charge >= 0.3 is 12.0 Å². The van der Waals surface area contributed by atoms with Crippen molar-refractivity contribution in [2.45, 2.75) is 82.9 Å². The minimum Gasteiger partial charge on any atom is -0.451 e. The van der Waals surface area contributed by atoms with Crippen LogP contribution in [-0.2, 0) is 19.1 Å². The lowest BCUT2D eigenvalue weighted by atomic mass is 9.83. The molecular formula is C19H28N4O5. The first-order chi connectivity index (χ1) is 13.2. The Kier molecular flexibility index (Phi) is 6.65. The van der Waals surface area contributed by atoms with Crippen molar-refractivity contribution in [1.29, 1.82) is 5.26 Å². The highest BCUT2D eigenvalue weighted by Crippen LogP contribution is 2.28. The molecule has 2 aliphatic rings. The summed E-state index contributed by atoms with van der Waals surface area (Å²) in [6.45, 7) is 4.40. The molecule has 0 unspecified atom stereocenters. The van der Waals surface area contributed by atoms with Crippen LogP contribution in [0.4, 0.5) is 4.79 Å². The smallest absolute Gasteiger partial charge is 0.327 e. The van der Waals surface area contributed by atoms with Gasteiger partial charge in [-0.1, -0.05) is 33.1 Å². The van der Waals surface area contributed by atoms with E-state index in [1.807, 2.05) is 0 Å². The predicted octanol–water partition coefficient (Wildman–Crippen LogP) is 1.37. The molecule has 0 aromatic rings. The summed E-state index contributed by atoms with van der Waals surface area (Å²) in [6, 6.07) is 1.53. The van der Waals surface area contributed by atoms with Crippen LogP contribution in [0.25, 0.3) is 0 Å². The standard InChI is InChI=1S/C19H28N4O5/c1-4-19(5-2)16(26)23(17(27)22-19)11-14(24)28-13(3)15(25)21-18(12-20)9-7-6-8-10-18/h13H,4-11H2,1-3H3,(H,21,25)(H,22,27)/t13-/m1/s1. The van der Waals surface area contributed by atoms with E-state index in [2.05, 4.69) is 16.7 Å². The third kappa shape index (κ3) is 4.26. The van der Waals surface area contributed by atoms with Crippen LogP contribution in [0, 0.1) is 11.3 Å². The Morgan fingerprint density at radius 2 is 1.86 bits per heavy atom. The molecule has 0 radical (unpaired) electrons. The molecule has 1 atom stereocenters. The van der Waals surface area contributed by atoms with E-state index in [0.717, 1.165) is 24.2 Å². The zero-order chi connectivity index (χ0) is 20.9. The fourth-order valence-corrected chi connectivity index (χ4v) is 3.72. The Balaban J connectivity index is 1.93. The summed E-state index contributed by atoms with van der Waals surface area (Å²) in [5.41, 5.74) is -1.93. The topological polar surface area (TPSA) is 129 Å². The van der Waals surface area contributed by atoms with E-state index >= 15 is 0 Å². The Morgan fingerprint density at radius 1 is 1.25 bits per heavy atom. The molecule has 9 nitrogen and oxygen atoms in total. The molecular weight excluding hydrogens is 364 g/mol. The highest BCUT2D eigenvalue weighted by atomic mass is 16.5. The number of ether oxygens (including phenoxy) is 1. The molecule has 0 aromatic heterocycles. The largest absolute Gasteiger partial charge is 0.451 e. The van der Waals surface area contributed by atoms with Crippen molar-refractivity contribution in [1.82, 2.24) is 15.5 Å². The van der Waals surface area contributed by atoms with Crippen molar-refractivity contribution < 1.29 is 23.9 Å². The van der Waals surface area contributed by atoms with Crippen LogP contribution < -0.4 is 10.6 Å². The first-order valence-corrected chi connectivity index (χ1v) is 9.79. The number of carbonyl (C=O) groups is 4. The Morgan fingerprint density at radius 3 is 2.36 bits per heavy atom. The number of urea groups is 1. The second kappa shape index (κ2) is 8.59. The average molecular weight is 392 g/mol. The number of hydrogen-bond donors (Lipinski definition) is 2. The van der Waals surface area contributed by atoms with Gasteiger partial charge in [-0.3, -0.25) is 19.3 Å². The van der Waals surface area contributed by atoms with E-state index in [0.29, 0.717) is 25.7 Å². The molecule has 0 aromatic carbocycles.